The van der Waals surface area contributed by atoms with E-state index in [1.165, 1.54) is 24.0 Å². The average molecular weight is 272 g/mol. The van der Waals surface area contributed by atoms with Crippen LogP contribution in [0.1, 0.15) is 24.0 Å². The molecule has 1 aliphatic rings. The molecule has 1 saturated heterocycles. The number of aryl methyl sites for hydroxylation is 1. The van der Waals surface area contributed by atoms with Crippen molar-refractivity contribution in [3.05, 3.63) is 40.4 Å². The van der Waals surface area contributed by atoms with Gasteiger partial charge in [0.2, 0.25) is 0 Å². The molecule has 3 heteroatoms. The summed E-state index contributed by atoms with van der Waals surface area (Å²) in [5, 5.41) is 4.23. The number of nitrogens with one attached hydrogen (secondary N) is 1. The van der Waals surface area contributed by atoms with Crippen LogP contribution in [0, 0.1) is 12.8 Å². The van der Waals surface area contributed by atoms with Gasteiger partial charge in [-0.25, -0.2) is 0 Å². The molecule has 1 heterocycles. The summed E-state index contributed by atoms with van der Waals surface area (Å²) < 4.78 is 0. The normalized spacial score (nSPS) is 17.1. The van der Waals surface area contributed by atoms with Crippen molar-refractivity contribution in [3.8, 4) is 0 Å². The third-order valence-electron chi connectivity index (χ3n) is 3.19. The van der Waals surface area contributed by atoms with Crippen LogP contribution in [0.4, 0.5) is 0 Å². The molecule has 1 aliphatic heterocycles. The molecule has 0 amide bonds. The first-order chi connectivity index (χ1) is 7.77. The van der Waals surface area contributed by atoms with E-state index in [2.05, 4.69) is 30.5 Å². The highest BCUT2D eigenvalue weighted by Gasteiger charge is 2.09. The van der Waals surface area contributed by atoms with Crippen LogP contribution in [0.5, 0.6) is 0 Å². The van der Waals surface area contributed by atoms with Gasteiger partial charge in [0.05, 0.1) is 0 Å². The third-order valence-corrected chi connectivity index (χ3v) is 3.52. The van der Waals surface area contributed by atoms with Crippen molar-refractivity contribution in [2.45, 2.75) is 19.8 Å². The van der Waals surface area contributed by atoms with Gasteiger partial charge in [-0.15, -0.1) is 12.4 Å². The molecule has 0 unspecified atom stereocenters. The molecule has 17 heavy (non-hydrogen) atoms. The molecular weight excluding hydrogens is 253 g/mol. The molecule has 1 aromatic rings. The first kappa shape index (κ1) is 14.6. The molecule has 0 aliphatic carbocycles. The van der Waals surface area contributed by atoms with Gasteiger partial charge in [-0.05, 0) is 56.0 Å². The lowest BCUT2D eigenvalue weighted by Gasteiger charge is -2.19. The largest absolute Gasteiger partial charge is 0.317 e. The Balaban J connectivity index is 0.00000144. The zero-order valence-electron chi connectivity index (χ0n) is 10.1. The minimum absolute atomic E-state index is 0. The summed E-state index contributed by atoms with van der Waals surface area (Å²) in [4.78, 5) is 0. The third kappa shape index (κ3) is 4.02. The van der Waals surface area contributed by atoms with Crippen LogP contribution in [0.3, 0.4) is 0 Å². The van der Waals surface area contributed by atoms with Crippen LogP contribution in [0.2, 0.25) is 5.02 Å². The van der Waals surface area contributed by atoms with Gasteiger partial charge in [-0.2, -0.15) is 0 Å². The molecule has 0 atom stereocenters. The number of rotatable bonds is 2. The maximum absolute atomic E-state index is 6.18. The number of allylic oxidation sites excluding steroid dienone is 1. The second-order valence-corrected chi connectivity index (χ2v) is 4.82. The summed E-state index contributed by atoms with van der Waals surface area (Å²) in [7, 11) is 0. The summed E-state index contributed by atoms with van der Waals surface area (Å²) in [6.45, 7) is 4.38. The Kier molecular flexibility index (Phi) is 6.04. The van der Waals surface area contributed by atoms with Crippen molar-refractivity contribution in [3.63, 3.8) is 0 Å². The van der Waals surface area contributed by atoms with Crippen molar-refractivity contribution < 1.29 is 0 Å². The fraction of sp³-hybridized carbons (Fsp3) is 0.429. The lowest BCUT2D eigenvalue weighted by atomic mass is 9.96. The molecule has 94 valence electrons. The van der Waals surface area contributed by atoms with Crippen molar-refractivity contribution in [2.75, 3.05) is 13.1 Å². The second-order valence-electron chi connectivity index (χ2n) is 4.42. The van der Waals surface area contributed by atoms with Crippen LogP contribution in [0.15, 0.2) is 24.3 Å². The Bertz CT molecular complexity index is 362. The minimum Gasteiger partial charge on any atom is -0.317 e. The van der Waals surface area contributed by atoms with Gasteiger partial charge in [-0.1, -0.05) is 35.9 Å². The molecule has 1 fully saturated rings. The predicted molar refractivity (Wildman–Crippen MR) is 78.1 cm³/mol. The summed E-state index contributed by atoms with van der Waals surface area (Å²) in [5.74, 6) is 0.705. The van der Waals surface area contributed by atoms with Crippen molar-refractivity contribution in [1.82, 2.24) is 5.32 Å². The van der Waals surface area contributed by atoms with E-state index in [1.54, 1.807) is 0 Å². The smallest absolute Gasteiger partial charge is 0.0480 e. The average Bonchev–Trinajstić information content (AvgIpc) is 2.30. The summed E-state index contributed by atoms with van der Waals surface area (Å²) >= 11 is 6.18. The van der Waals surface area contributed by atoms with E-state index in [0.29, 0.717) is 5.92 Å². The van der Waals surface area contributed by atoms with E-state index in [4.69, 9.17) is 11.6 Å². The Morgan fingerprint density at radius 3 is 2.65 bits per heavy atom. The first-order valence-electron chi connectivity index (χ1n) is 5.91. The van der Waals surface area contributed by atoms with E-state index in [-0.39, 0.29) is 12.4 Å². The fourth-order valence-electron chi connectivity index (χ4n) is 2.12. The van der Waals surface area contributed by atoms with E-state index < -0.39 is 0 Å². The molecule has 0 spiro atoms. The quantitative estimate of drug-likeness (QED) is 0.855. The van der Waals surface area contributed by atoms with Gasteiger partial charge in [-0.3, -0.25) is 0 Å². The van der Waals surface area contributed by atoms with E-state index >= 15 is 0 Å². The van der Waals surface area contributed by atoms with E-state index in [9.17, 15) is 0 Å². The lowest BCUT2D eigenvalue weighted by molar-refractivity contribution is 0.438. The molecule has 1 N–H and O–H groups in total. The van der Waals surface area contributed by atoms with Crippen molar-refractivity contribution in [2.24, 2.45) is 5.92 Å². The monoisotopic (exact) mass is 271 g/mol. The first-order valence-corrected chi connectivity index (χ1v) is 6.29. The predicted octanol–water partition coefficient (Wildman–Crippen LogP) is 4.08. The molecule has 0 saturated carbocycles. The number of hydrogen-bond acceptors (Lipinski definition) is 1. The maximum Gasteiger partial charge on any atom is 0.0480 e. The Morgan fingerprint density at radius 2 is 2.00 bits per heavy atom. The summed E-state index contributed by atoms with van der Waals surface area (Å²) in [6, 6.07) is 6.06. The molecule has 2 rings (SSSR count). The molecular formula is C14H19Cl2N. The van der Waals surface area contributed by atoms with Gasteiger partial charge < -0.3 is 5.32 Å². The minimum atomic E-state index is 0. The van der Waals surface area contributed by atoms with E-state index in [1.807, 2.05) is 12.1 Å². The van der Waals surface area contributed by atoms with Gasteiger partial charge in [0.15, 0.2) is 0 Å². The fourth-order valence-corrected chi connectivity index (χ4v) is 2.41. The lowest BCUT2D eigenvalue weighted by Crippen LogP contribution is -2.26. The van der Waals surface area contributed by atoms with Gasteiger partial charge in [0.1, 0.15) is 0 Å². The van der Waals surface area contributed by atoms with E-state index in [0.717, 1.165) is 18.1 Å². The topological polar surface area (TPSA) is 12.0 Å². The number of piperidine rings is 1. The van der Waals surface area contributed by atoms with Gasteiger partial charge >= 0.3 is 0 Å². The Hall–Kier alpha value is -0.500. The SMILES string of the molecule is Cc1cccc(Cl)c1C=CC1CCNCC1.Cl. The molecule has 1 aromatic carbocycles. The number of hydrogen-bond donors (Lipinski definition) is 1. The zero-order valence-corrected chi connectivity index (χ0v) is 11.7. The maximum atomic E-state index is 6.18. The molecule has 0 bridgehead atoms. The van der Waals surface area contributed by atoms with Crippen LogP contribution >= 0.6 is 24.0 Å². The number of halogens is 2. The molecule has 1 nitrogen and oxygen atoms in total. The second kappa shape index (κ2) is 7.05. The standard InChI is InChI=1S/C14H18ClN.ClH/c1-11-3-2-4-14(15)13(11)6-5-12-7-9-16-10-8-12;/h2-6,12,16H,7-10H2,1H3;1H. The van der Waals surface area contributed by atoms with Gasteiger partial charge in [0, 0.05) is 5.02 Å². The van der Waals surface area contributed by atoms with Crippen LogP contribution < -0.4 is 5.32 Å². The van der Waals surface area contributed by atoms with Gasteiger partial charge in [0.25, 0.3) is 0 Å². The molecule has 0 aromatic heterocycles. The Morgan fingerprint density at radius 1 is 1.29 bits per heavy atom. The van der Waals surface area contributed by atoms with Crippen molar-refractivity contribution >= 4 is 30.1 Å². The highest BCUT2D eigenvalue weighted by atomic mass is 35.5. The van der Waals surface area contributed by atoms with Crippen molar-refractivity contribution in [1.29, 1.82) is 0 Å². The zero-order chi connectivity index (χ0) is 11.4. The van der Waals surface area contributed by atoms with Crippen LogP contribution in [-0.4, -0.2) is 13.1 Å². The summed E-state index contributed by atoms with van der Waals surface area (Å²) in [6.07, 6.45) is 6.97. The highest BCUT2D eigenvalue weighted by molar-refractivity contribution is 6.32. The van der Waals surface area contributed by atoms with Crippen LogP contribution in [-0.2, 0) is 0 Å². The molecule has 0 radical (unpaired) electrons. The summed E-state index contributed by atoms with van der Waals surface area (Å²) in [5.41, 5.74) is 2.42. The van der Waals surface area contributed by atoms with Crippen LogP contribution in [0.25, 0.3) is 6.08 Å². The number of benzene rings is 1. The highest BCUT2D eigenvalue weighted by Crippen LogP contribution is 2.23. The Labute approximate surface area is 115 Å².